The molecule has 0 aliphatic rings. The summed E-state index contributed by atoms with van der Waals surface area (Å²) in [5.41, 5.74) is 1.26. The Hall–Kier alpha value is -0.780. The molecule has 2 aromatic rings. The number of rotatable bonds is 15. The van der Waals surface area contributed by atoms with Crippen LogP contribution in [0.5, 0.6) is 0 Å². The lowest BCUT2D eigenvalue weighted by Crippen LogP contribution is -2.36. The van der Waals surface area contributed by atoms with Crippen molar-refractivity contribution in [2.75, 3.05) is 43.4 Å². The normalized spacial score (nSPS) is 12.2. The molecule has 2 aromatic carbocycles. The van der Waals surface area contributed by atoms with Crippen LogP contribution >= 0.6 is 86.7 Å². The second-order valence-corrected chi connectivity index (χ2v) is 21.3. The molecule has 2 rings (SSSR count). The van der Waals surface area contributed by atoms with E-state index in [-0.39, 0.29) is 28.8 Å². The van der Waals surface area contributed by atoms with Crippen LogP contribution in [0.1, 0.15) is 33.6 Å². The monoisotopic (exact) mass is 1010 g/mol. The van der Waals surface area contributed by atoms with Gasteiger partial charge in [0.2, 0.25) is 0 Å². The standard InChI is InChI=1S/2C10H15BrN2O7P2S.C6H15N.H2O/c2*11-7-1-3-8(4-2-7)13-9(23)12-6-5-10(14,21(15,16)17)22(18,19)20;1-4-7(5-2)6-3;/h2*1-4,14H,5-6H2,(H2,12,13,23)(H2,15,16,17)(H2,18,19,20);4-6H2,1-3H3;1H2. The van der Waals surface area contributed by atoms with E-state index in [0.717, 1.165) is 8.95 Å². The lowest BCUT2D eigenvalue weighted by molar-refractivity contribution is 0.124. The van der Waals surface area contributed by atoms with E-state index in [4.69, 9.17) is 63.6 Å². The van der Waals surface area contributed by atoms with Crippen molar-refractivity contribution in [1.29, 1.82) is 0 Å². The largest absolute Gasteiger partial charge is 0.412 e. The van der Waals surface area contributed by atoms with Gasteiger partial charge in [0.25, 0.3) is 10.2 Å². The molecule has 0 aliphatic heterocycles. The average molecular weight is 1020 g/mol. The van der Waals surface area contributed by atoms with Gasteiger partial charge >= 0.3 is 30.4 Å². The van der Waals surface area contributed by atoms with Gasteiger partial charge in [0.15, 0.2) is 10.2 Å². The average Bonchev–Trinajstić information content (AvgIpc) is 3.02. The van der Waals surface area contributed by atoms with E-state index in [9.17, 15) is 28.5 Å². The Morgan fingerprint density at radius 3 is 1.02 bits per heavy atom. The predicted octanol–water partition coefficient (Wildman–Crippen LogP) is 2.78. The van der Waals surface area contributed by atoms with E-state index in [2.05, 4.69) is 78.8 Å². The fraction of sp³-hybridized carbons (Fsp3) is 0.462. The van der Waals surface area contributed by atoms with Crippen molar-refractivity contribution in [2.24, 2.45) is 0 Å². The lowest BCUT2D eigenvalue weighted by atomic mass is 10.3. The number of hydrogen-bond donors (Lipinski definition) is 14. The summed E-state index contributed by atoms with van der Waals surface area (Å²) in [5, 5.41) is 23.1. The highest BCUT2D eigenvalue weighted by Crippen LogP contribution is 2.69. The Morgan fingerprint density at radius 2 is 0.833 bits per heavy atom. The van der Waals surface area contributed by atoms with Gasteiger partial charge in [-0.2, -0.15) is 0 Å². The summed E-state index contributed by atoms with van der Waals surface area (Å²) in [5.74, 6) is 0. The summed E-state index contributed by atoms with van der Waals surface area (Å²) in [6.07, 6.45) is -1.80. The van der Waals surface area contributed by atoms with Crippen molar-refractivity contribution < 1.29 is 73.1 Å². The van der Waals surface area contributed by atoms with Crippen LogP contribution in [-0.2, 0) is 18.3 Å². The molecule has 0 aliphatic carbocycles. The van der Waals surface area contributed by atoms with Gasteiger partial charge in [-0.15, -0.1) is 0 Å². The molecule has 0 aromatic heterocycles. The molecule has 0 radical (unpaired) electrons. The fourth-order valence-electron chi connectivity index (χ4n) is 3.70. The zero-order valence-electron chi connectivity index (χ0n) is 29.0. The third-order valence-electron chi connectivity index (χ3n) is 6.90. The molecule has 0 unspecified atom stereocenters. The quantitative estimate of drug-likeness (QED) is 0.0901. The van der Waals surface area contributed by atoms with Gasteiger partial charge in [0.1, 0.15) is 0 Å². The molecule has 0 bridgehead atoms. The van der Waals surface area contributed by atoms with Crippen LogP contribution in [-0.4, -0.2) is 113 Å². The third-order valence-corrected chi connectivity index (χ3v) is 16.2. The summed E-state index contributed by atoms with van der Waals surface area (Å²) in [6.45, 7) is 9.39. The summed E-state index contributed by atoms with van der Waals surface area (Å²) >= 11 is 16.4. The van der Waals surface area contributed by atoms with Gasteiger partial charge in [-0.05, 0) is 92.6 Å². The van der Waals surface area contributed by atoms with Crippen LogP contribution in [0.3, 0.4) is 0 Å². The first-order valence-electron chi connectivity index (χ1n) is 15.1. The van der Waals surface area contributed by atoms with Gasteiger partial charge in [-0.25, -0.2) is 0 Å². The molecule has 54 heavy (non-hydrogen) atoms. The van der Waals surface area contributed by atoms with E-state index in [1.165, 1.54) is 19.6 Å². The van der Waals surface area contributed by atoms with Crippen molar-refractivity contribution in [3.8, 4) is 0 Å². The van der Waals surface area contributed by atoms with Crippen molar-refractivity contribution in [1.82, 2.24) is 15.5 Å². The Bertz CT molecular complexity index is 1490. The SMILES string of the molecule is CCN(CC)CC.O.O=P(O)(O)C(O)(CCNC(=S)Nc1ccc(Br)cc1)P(=O)(O)O.O=P(O)(O)C(O)(CCNC(=S)Nc1ccc(Br)cc1)P(=O)(O)O. The number of anilines is 2. The number of hydrogen-bond acceptors (Lipinski definition) is 9. The van der Waals surface area contributed by atoms with Gasteiger partial charge in [-0.1, -0.05) is 52.6 Å². The van der Waals surface area contributed by atoms with E-state index >= 15 is 0 Å². The van der Waals surface area contributed by atoms with Gasteiger partial charge in [-0.3, -0.25) is 18.3 Å². The van der Waals surface area contributed by atoms with Crippen LogP contribution in [0.4, 0.5) is 11.4 Å². The highest BCUT2D eigenvalue weighted by atomic mass is 79.9. The molecular formula is C26H47Br2N5O15P4S2. The number of thiocarbonyl (C=S) groups is 2. The molecule has 0 fully saturated rings. The van der Waals surface area contributed by atoms with Crippen LogP contribution in [0.25, 0.3) is 0 Å². The number of nitrogens with zero attached hydrogens (tertiary/aromatic N) is 1. The zero-order chi connectivity index (χ0) is 41.5. The van der Waals surface area contributed by atoms with E-state index in [1.807, 2.05) is 0 Å². The van der Waals surface area contributed by atoms with Crippen LogP contribution < -0.4 is 21.3 Å². The molecule has 312 valence electrons. The highest BCUT2D eigenvalue weighted by Gasteiger charge is 2.59. The Labute approximate surface area is 339 Å². The Kier molecular flexibility index (Phi) is 24.8. The van der Waals surface area contributed by atoms with Gasteiger partial charge in [0.05, 0.1) is 0 Å². The van der Waals surface area contributed by atoms with E-state index < -0.39 is 53.4 Å². The first kappa shape index (κ1) is 55.3. The lowest BCUT2D eigenvalue weighted by Gasteiger charge is -2.29. The molecular weight excluding hydrogens is 970 g/mol. The molecule has 0 saturated carbocycles. The number of benzene rings is 2. The second kappa shape index (κ2) is 24.2. The summed E-state index contributed by atoms with van der Waals surface area (Å²) in [7, 11) is -21.8. The minimum Gasteiger partial charge on any atom is -0.412 e. The minimum absolute atomic E-state index is 0. The summed E-state index contributed by atoms with van der Waals surface area (Å²) < 4.78 is 46.4. The number of aliphatic hydroxyl groups is 2. The first-order chi connectivity index (χ1) is 24.1. The van der Waals surface area contributed by atoms with Crippen LogP contribution in [0, 0.1) is 0 Å². The molecule has 0 spiro atoms. The molecule has 20 nitrogen and oxygen atoms in total. The van der Waals surface area contributed by atoms with E-state index in [1.54, 1.807) is 48.5 Å². The van der Waals surface area contributed by atoms with Crippen LogP contribution in [0.15, 0.2) is 57.5 Å². The first-order valence-corrected chi connectivity index (χ1v) is 23.9. The van der Waals surface area contributed by atoms with E-state index in [0.29, 0.717) is 11.4 Å². The molecule has 0 amide bonds. The summed E-state index contributed by atoms with van der Waals surface area (Å²) in [4.78, 5) is 74.3. The Morgan fingerprint density at radius 1 is 0.593 bits per heavy atom. The van der Waals surface area contributed by atoms with Crippen molar-refractivity contribution in [2.45, 2.75) is 43.8 Å². The molecule has 0 heterocycles. The minimum atomic E-state index is -5.46. The van der Waals surface area contributed by atoms with Crippen molar-refractivity contribution >= 4 is 108 Å². The molecule has 0 saturated heterocycles. The maximum atomic E-state index is 11.2. The Balaban J connectivity index is 0. The number of halogens is 2. The smallest absolute Gasteiger partial charge is 0.369 e. The van der Waals surface area contributed by atoms with Crippen molar-refractivity contribution in [3.05, 3.63) is 57.5 Å². The molecule has 16 N–H and O–H groups in total. The number of nitrogens with one attached hydrogen (secondary N) is 4. The maximum Gasteiger partial charge on any atom is 0.369 e. The second-order valence-electron chi connectivity index (χ2n) is 10.6. The van der Waals surface area contributed by atoms with Gasteiger partial charge < -0.3 is 81.0 Å². The van der Waals surface area contributed by atoms with Gasteiger partial charge in [0, 0.05) is 46.3 Å². The third kappa shape index (κ3) is 18.7. The maximum absolute atomic E-state index is 11.2. The highest BCUT2D eigenvalue weighted by molar-refractivity contribution is 9.10. The molecule has 28 heteroatoms. The fourth-order valence-corrected chi connectivity index (χ4v) is 8.99. The predicted molar refractivity (Wildman–Crippen MR) is 221 cm³/mol. The topological polar surface area (TPSA) is 353 Å². The zero-order valence-corrected chi connectivity index (χ0v) is 37.4. The van der Waals surface area contributed by atoms with Crippen molar-refractivity contribution in [3.63, 3.8) is 0 Å². The summed E-state index contributed by atoms with van der Waals surface area (Å²) in [6, 6.07) is 13.9. The van der Waals surface area contributed by atoms with Crippen LogP contribution in [0.2, 0.25) is 0 Å². The molecule has 0 atom stereocenters.